The van der Waals surface area contributed by atoms with Crippen LogP contribution in [0.25, 0.3) is 0 Å². The Labute approximate surface area is 186 Å². The molecule has 8 nitrogen and oxygen atoms in total. The van der Waals surface area contributed by atoms with E-state index in [2.05, 4.69) is 5.32 Å². The number of aryl methyl sites for hydroxylation is 1. The molecule has 0 aromatic heterocycles. The molecule has 1 saturated heterocycles. The third kappa shape index (κ3) is 5.55. The molecule has 0 unspecified atom stereocenters. The maximum atomic E-state index is 12.9. The van der Waals surface area contributed by atoms with Crippen LogP contribution in [0.15, 0.2) is 41.3 Å². The van der Waals surface area contributed by atoms with Crippen LogP contribution >= 0.6 is 11.6 Å². The Morgan fingerprint density at radius 3 is 2.52 bits per heavy atom. The number of ether oxygens (including phenoxy) is 1. The number of nitrogens with one attached hydrogen (secondary N) is 1. The van der Waals surface area contributed by atoms with E-state index in [1.165, 1.54) is 34.6 Å². The minimum atomic E-state index is -3.64. The second kappa shape index (κ2) is 9.67. The predicted octanol–water partition coefficient (Wildman–Crippen LogP) is 3.20. The molecule has 1 aliphatic heterocycles. The number of esters is 1. The van der Waals surface area contributed by atoms with Gasteiger partial charge in [-0.25, -0.2) is 13.2 Å². The Morgan fingerprint density at radius 1 is 1.13 bits per heavy atom. The summed E-state index contributed by atoms with van der Waals surface area (Å²) >= 11 is 5.81. The van der Waals surface area contributed by atoms with Gasteiger partial charge >= 0.3 is 5.97 Å². The van der Waals surface area contributed by atoms with Crippen molar-refractivity contribution >= 4 is 44.9 Å². The second-order valence-corrected chi connectivity index (χ2v) is 9.67. The molecule has 2 aromatic rings. The van der Waals surface area contributed by atoms with Crippen molar-refractivity contribution in [3.63, 3.8) is 0 Å². The molecule has 1 fully saturated rings. The summed E-state index contributed by atoms with van der Waals surface area (Å²) in [6.07, 6.45) is 2.68. The molecule has 31 heavy (non-hydrogen) atoms. The molecule has 3 rings (SSSR count). The molecule has 3 N–H and O–H groups in total. The fourth-order valence-electron chi connectivity index (χ4n) is 3.27. The first kappa shape index (κ1) is 23.1. The van der Waals surface area contributed by atoms with Crippen molar-refractivity contribution in [2.45, 2.75) is 31.1 Å². The number of hydrogen-bond acceptors (Lipinski definition) is 6. The Bertz CT molecular complexity index is 1100. The number of benzene rings is 2. The number of nitrogens with zero attached hydrogens (tertiary/aromatic N) is 1. The van der Waals surface area contributed by atoms with Gasteiger partial charge in [0.15, 0.2) is 6.61 Å². The van der Waals surface area contributed by atoms with E-state index in [-0.39, 0.29) is 16.1 Å². The van der Waals surface area contributed by atoms with Crippen molar-refractivity contribution < 1.29 is 22.7 Å². The van der Waals surface area contributed by atoms with E-state index in [0.717, 1.165) is 19.3 Å². The summed E-state index contributed by atoms with van der Waals surface area (Å²) in [4.78, 5) is 24.6. The van der Waals surface area contributed by atoms with Crippen molar-refractivity contribution in [3.8, 4) is 0 Å². The summed E-state index contributed by atoms with van der Waals surface area (Å²) in [6, 6.07) is 8.90. The van der Waals surface area contributed by atoms with Gasteiger partial charge < -0.3 is 15.8 Å². The van der Waals surface area contributed by atoms with Crippen LogP contribution in [0.5, 0.6) is 0 Å². The van der Waals surface area contributed by atoms with Gasteiger partial charge in [0, 0.05) is 29.5 Å². The molecule has 0 atom stereocenters. The van der Waals surface area contributed by atoms with Crippen LogP contribution in [-0.4, -0.2) is 44.3 Å². The minimum Gasteiger partial charge on any atom is -0.452 e. The molecule has 2 aromatic carbocycles. The molecular weight excluding hydrogens is 442 g/mol. The number of nitrogens with two attached hydrogens (primary N) is 1. The Morgan fingerprint density at radius 2 is 1.84 bits per heavy atom. The van der Waals surface area contributed by atoms with Gasteiger partial charge in [0.1, 0.15) is 0 Å². The maximum Gasteiger partial charge on any atom is 0.340 e. The molecule has 0 saturated carbocycles. The van der Waals surface area contributed by atoms with E-state index in [0.29, 0.717) is 29.4 Å². The van der Waals surface area contributed by atoms with Crippen molar-refractivity contribution in [3.05, 3.63) is 52.5 Å². The quantitative estimate of drug-likeness (QED) is 0.499. The first-order valence-electron chi connectivity index (χ1n) is 9.81. The summed E-state index contributed by atoms with van der Waals surface area (Å²) in [5.41, 5.74) is 7.01. The lowest BCUT2D eigenvalue weighted by molar-refractivity contribution is -0.119. The summed E-state index contributed by atoms with van der Waals surface area (Å²) in [5.74, 6) is -1.36. The van der Waals surface area contributed by atoms with Crippen LogP contribution in [0, 0.1) is 6.92 Å². The highest BCUT2D eigenvalue weighted by molar-refractivity contribution is 7.89. The number of piperidine rings is 1. The molecular formula is C21H24ClN3O5S. The molecule has 10 heteroatoms. The van der Waals surface area contributed by atoms with Crippen LogP contribution in [0.3, 0.4) is 0 Å². The largest absolute Gasteiger partial charge is 0.452 e. The zero-order chi connectivity index (χ0) is 22.6. The lowest BCUT2D eigenvalue weighted by Gasteiger charge is -2.26. The number of halogens is 1. The molecule has 166 valence electrons. The van der Waals surface area contributed by atoms with Crippen molar-refractivity contribution in [2.75, 3.05) is 30.7 Å². The van der Waals surface area contributed by atoms with Gasteiger partial charge in [-0.1, -0.05) is 24.1 Å². The van der Waals surface area contributed by atoms with Gasteiger partial charge in [-0.3, -0.25) is 4.79 Å². The average Bonchev–Trinajstić information content (AvgIpc) is 2.74. The predicted molar refractivity (Wildman–Crippen MR) is 119 cm³/mol. The number of nitrogen functional groups attached to an aromatic ring is 1. The van der Waals surface area contributed by atoms with E-state index in [9.17, 15) is 18.0 Å². The minimum absolute atomic E-state index is 0.100. The van der Waals surface area contributed by atoms with E-state index in [1.54, 1.807) is 13.0 Å². The number of sulfonamides is 1. The van der Waals surface area contributed by atoms with Gasteiger partial charge in [0.25, 0.3) is 5.91 Å². The lowest BCUT2D eigenvalue weighted by Crippen LogP contribution is -2.35. The molecule has 1 amide bonds. The normalized spacial score (nSPS) is 14.8. The van der Waals surface area contributed by atoms with Crippen LogP contribution in [-0.2, 0) is 19.6 Å². The summed E-state index contributed by atoms with van der Waals surface area (Å²) < 4.78 is 32.3. The highest BCUT2D eigenvalue weighted by Gasteiger charge is 2.26. The monoisotopic (exact) mass is 465 g/mol. The number of rotatable bonds is 6. The van der Waals surface area contributed by atoms with Crippen molar-refractivity contribution in [2.24, 2.45) is 0 Å². The fraction of sp³-hybridized carbons (Fsp3) is 0.333. The number of carbonyl (C=O) groups excluding carboxylic acids is 2. The Hall–Kier alpha value is -2.62. The molecule has 0 spiro atoms. The van der Waals surface area contributed by atoms with Gasteiger partial charge in [-0.15, -0.1) is 0 Å². The Kier molecular flexibility index (Phi) is 7.19. The fourth-order valence-corrected chi connectivity index (χ4v) is 4.99. The van der Waals surface area contributed by atoms with Crippen LogP contribution in [0.1, 0.15) is 35.2 Å². The number of amides is 1. The first-order valence-corrected chi connectivity index (χ1v) is 11.6. The molecule has 0 bridgehead atoms. The van der Waals surface area contributed by atoms with E-state index in [4.69, 9.17) is 22.1 Å². The molecule has 0 aliphatic carbocycles. The Balaban J connectivity index is 1.67. The number of hydrogen-bond donors (Lipinski definition) is 2. The zero-order valence-corrected chi connectivity index (χ0v) is 18.6. The van der Waals surface area contributed by atoms with Gasteiger partial charge in [-0.05, 0) is 55.7 Å². The summed E-state index contributed by atoms with van der Waals surface area (Å²) in [5, 5.41) is 2.98. The highest BCUT2D eigenvalue weighted by Crippen LogP contribution is 2.25. The van der Waals surface area contributed by atoms with E-state index < -0.39 is 28.5 Å². The summed E-state index contributed by atoms with van der Waals surface area (Å²) in [7, 11) is -3.64. The number of anilines is 2. The SMILES string of the molecule is Cc1ccc(S(=O)(=O)N2CCCCC2)cc1NC(=O)COC(=O)c1ccc(Cl)cc1N. The van der Waals surface area contributed by atoms with Crippen molar-refractivity contribution in [1.29, 1.82) is 0 Å². The first-order chi connectivity index (χ1) is 14.7. The average molecular weight is 466 g/mol. The molecule has 1 aliphatic rings. The third-order valence-electron chi connectivity index (χ3n) is 5.00. The summed E-state index contributed by atoms with van der Waals surface area (Å²) in [6.45, 7) is 2.17. The zero-order valence-electron chi connectivity index (χ0n) is 17.1. The van der Waals surface area contributed by atoms with E-state index in [1.807, 2.05) is 0 Å². The maximum absolute atomic E-state index is 12.9. The van der Waals surface area contributed by atoms with Gasteiger partial charge in [0.05, 0.1) is 10.5 Å². The molecule has 1 heterocycles. The van der Waals surface area contributed by atoms with E-state index >= 15 is 0 Å². The smallest absolute Gasteiger partial charge is 0.340 e. The lowest BCUT2D eigenvalue weighted by atomic mass is 10.2. The van der Waals surface area contributed by atoms with Crippen molar-refractivity contribution in [1.82, 2.24) is 4.31 Å². The third-order valence-corrected chi connectivity index (χ3v) is 7.13. The van der Waals surface area contributed by atoms with Gasteiger partial charge in [-0.2, -0.15) is 4.31 Å². The van der Waals surface area contributed by atoms with Crippen LogP contribution in [0.2, 0.25) is 5.02 Å². The van der Waals surface area contributed by atoms with Crippen LogP contribution < -0.4 is 11.1 Å². The number of carbonyl (C=O) groups is 2. The topological polar surface area (TPSA) is 119 Å². The second-order valence-electron chi connectivity index (χ2n) is 7.30. The molecule has 0 radical (unpaired) electrons. The van der Waals surface area contributed by atoms with Crippen LogP contribution in [0.4, 0.5) is 11.4 Å². The standard InChI is InChI=1S/C21H24ClN3O5S/c1-14-5-7-16(31(28,29)25-9-3-2-4-10-25)12-19(14)24-20(26)13-30-21(27)17-8-6-15(22)11-18(17)23/h5-8,11-12H,2-4,9-10,13,23H2,1H3,(H,24,26). The highest BCUT2D eigenvalue weighted by atomic mass is 35.5. The van der Waals surface area contributed by atoms with Gasteiger partial charge in [0.2, 0.25) is 10.0 Å².